The number of carbonyl (C=O) groups is 1. The van der Waals surface area contributed by atoms with Crippen LogP contribution in [0.2, 0.25) is 0 Å². The molecular formula is C25H25N5O3. The van der Waals surface area contributed by atoms with Crippen LogP contribution in [0.4, 0.5) is 0 Å². The van der Waals surface area contributed by atoms with Gasteiger partial charge in [0.05, 0.1) is 36.2 Å². The number of rotatable bonds is 5. The van der Waals surface area contributed by atoms with Gasteiger partial charge in [0.25, 0.3) is 5.91 Å². The number of hydrogen-bond donors (Lipinski definition) is 1. The zero-order chi connectivity index (χ0) is 22.8. The summed E-state index contributed by atoms with van der Waals surface area (Å²) in [5, 5.41) is 18.2. The number of aliphatic hydroxyl groups excluding tert-OH is 1. The first-order valence-electron chi connectivity index (χ1n) is 11.1. The first-order valence-corrected chi connectivity index (χ1v) is 11.1. The van der Waals surface area contributed by atoms with Crippen LogP contribution >= 0.6 is 0 Å². The van der Waals surface area contributed by atoms with Crippen molar-refractivity contribution in [3.05, 3.63) is 84.1 Å². The Morgan fingerprint density at radius 1 is 1.06 bits per heavy atom. The Hall–Kier alpha value is -3.78. The van der Waals surface area contributed by atoms with Gasteiger partial charge in [-0.05, 0) is 31.9 Å². The molecule has 1 fully saturated rings. The van der Waals surface area contributed by atoms with Crippen LogP contribution in [-0.2, 0) is 6.61 Å². The van der Waals surface area contributed by atoms with Crippen molar-refractivity contribution >= 4 is 5.91 Å². The molecular weight excluding hydrogens is 418 g/mol. The Labute approximate surface area is 191 Å². The van der Waals surface area contributed by atoms with Gasteiger partial charge in [0.15, 0.2) is 11.7 Å². The van der Waals surface area contributed by atoms with Crippen molar-refractivity contribution in [2.75, 3.05) is 6.54 Å². The minimum Gasteiger partial charge on any atom is -0.440 e. The van der Waals surface area contributed by atoms with Gasteiger partial charge in [0.2, 0.25) is 0 Å². The van der Waals surface area contributed by atoms with E-state index in [-0.39, 0.29) is 24.5 Å². The molecule has 0 saturated carbocycles. The summed E-state index contributed by atoms with van der Waals surface area (Å²) in [4.78, 5) is 21.6. The molecule has 168 valence electrons. The van der Waals surface area contributed by atoms with E-state index in [1.54, 1.807) is 18.5 Å². The van der Waals surface area contributed by atoms with E-state index in [1.165, 1.54) is 4.80 Å². The first kappa shape index (κ1) is 21.1. The summed E-state index contributed by atoms with van der Waals surface area (Å²) in [6.07, 6.45) is 4.86. The van der Waals surface area contributed by atoms with E-state index >= 15 is 0 Å². The Balaban J connectivity index is 1.43. The largest absolute Gasteiger partial charge is 0.440 e. The number of oxazole rings is 1. The van der Waals surface area contributed by atoms with Gasteiger partial charge in [-0.25, -0.2) is 4.98 Å². The molecule has 8 nitrogen and oxygen atoms in total. The van der Waals surface area contributed by atoms with Gasteiger partial charge in [-0.3, -0.25) is 4.79 Å². The third-order valence-electron chi connectivity index (χ3n) is 6.16. The number of amides is 1. The maximum atomic E-state index is 13.6. The van der Waals surface area contributed by atoms with Gasteiger partial charge in [0.1, 0.15) is 5.69 Å². The monoisotopic (exact) mass is 443 g/mol. The predicted molar refractivity (Wildman–Crippen MR) is 122 cm³/mol. The third kappa shape index (κ3) is 4.05. The van der Waals surface area contributed by atoms with Crippen LogP contribution in [0.3, 0.4) is 0 Å². The molecule has 0 aliphatic carbocycles. The summed E-state index contributed by atoms with van der Waals surface area (Å²) < 4.78 is 6.15. The molecule has 1 amide bonds. The maximum absolute atomic E-state index is 13.6. The molecule has 8 heteroatoms. The quantitative estimate of drug-likeness (QED) is 0.504. The number of benzene rings is 2. The van der Waals surface area contributed by atoms with Crippen molar-refractivity contribution in [1.29, 1.82) is 0 Å². The highest BCUT2D eigenvalue weighted by molar-refractivity contribution is 5.98. The molecule has 1 N–H and O–H groups in total. The summed E-state index contributed by atoms with van der Waals surface area (Å²) in [7, 11) is 0. The molecule has 1 aliphatic rings. The molecule has 0 radical (unpaired) electrons. The van der Waals surface area contributed by atoms with Crippen LogP contribution in [0, 0.1) is 0 Å². The zero-order valence-electron chi connectivity index (χ0n) is 18.3. The molecule has 0 bridgehead atoms. The average molecular weight is 444 g/mol. The lowest BCUT2D eigenvalue weighted by Gasteiger charge is -2.37. The average Bonchev–Trinajstić information content (AvgIpc) is 3.55. The number of para-hydroxylation sites is 1. The van der Waals surface area contributed by atoms with Gasteiger partial charge < -0.3 is 14.4 Å². The lowest BCUT2D eigenvalue weighted by atomic mass is 9.92. The molecule has 1 saturated heterocycles. The highest BCUT2D eigenvalue weighted by Crippen LogP contribution is 2.34. The Morgan fingerprint density at radius 2 is 1.79 bits per heavy atom. The molecule has 5 rings (SSSR count). The lowest BCUT2D eigenvalue weighted by molar-refractivity contribution is 0.0597. The summed E-state index contributed by atoms with van der Waals surface area (Å²) in [6, 6.07) is 17.1. The molecule has 3 heterocycles. The topological polar surface area (TPSA) is 97.3 Å². The van der Waals surface area contributed by atoms with E-state index in [4.69, 9.17) is 4.42 Å². The lowest BCUT2D eigenvalue weighted by Crippen LogP contribution is -2.45. The fourth-order valence-corrected chi connectivity index (χ4v) is 4.38. The standard InChI is InChI=1S/C25H25N5O3/c1-17-11-12-19(24-28-21(16-31)23(33-24)18-7-3-2-4-8-18)15-29(17)25(32)20-9-5-6-10-22(20)30-26-13-14-27-30/h2-10,13-14,17,19,31H,11-12,15-16H2,1H3/t17-,19-/m1/s1. The normalized spacial score (nSPS) is 18.4. The molecule has 4 aromatic rings. The molecule has 2 aromatic carbocycles. The molecule has 33 heavy (non-hydrogen) atoms. The summed E-state index contributed by atoms with van der Waals surface area (Å²) in [5.74, 6) is 1.02. The number of hydrogen-bond acceptors (Lipinski definition) is 6. The van der Waals surface area contributed by atoms with Crippen molar-refractivity contribution < 1.29 is 14.3 Å². The number of nitrogens with zero attached hydrogens (tertiary/aromatic N) is 5. The second-order valence-electron chi connectivity index (χ2n) is 8.27. The molecule has 2 atom stereocenters. The van der Waals surface area contributed by atoms with Gasteiger partial charge in [-0.2, -0.15) is 15.0 Å². The zero-order valence-corrected chi connectivity index (χ0v) is 18.3. The summed E-state index contributed by atoms with van der Waals surface area (Å²) in [5.41, 5.74) is 2.59. The van der Waals surface area contributed by atoms with E-state index in [0.29, 0.717) is 35.1 Å². The smallest absolute Gasteiger partial charge is 0.256 e. The van der Waals surface area contributed by atoms with Crippen molar-refractivity contribution in [2.24, 2.45) is 0 Å². The first-order chi connectivity index (χ1) is 16.2. The van der Waals surface area contributed by atoms with Gasteiger partial charge in [-0.15, -0.1) is 0 Å². The second kappa shape index (κ2) is 8.99. The third-order valence-corrected chi connectivity index (χ3v) is 6.16. The van der Waals surface area contributed by atoms with Gasteiger partial charge >= 0.3 is 0 Å². The number of likely N-dealkylation sites (tertiary alicyclic amines) is 1. The Bertz CT molecular complexity index is 1240. The number of piperidine rings is 1. The van der Waals surface area contributed by atoms with Crippen molar-refractivity contribution in [1.82, 2.24) is 24.9 Å². The van der Waals surface area contributed by atoms with Crippen molar-refractivity contribution in [3.8, 4) is 17.0 Å². The SMILES string of the molecule is C[C@@H]1CC[C@@H](c2nc(CO)c(-c3ccccc3)o2)CN1C(=O)c1ccccc1-n1nccn1. The van der Waals surface area contributed by atoms with E-state index < -0.39 is 0 Å². The minimum atomic E-state index is -0.205. The van der Waals surface area contributed by atoms with Crippen molar-refractivity contribution in [3.63, 3.8) is 0 Å². The second-order valence-corrected chi connectivity index (χ2v) is 8.27. The number of aliphatic hydroxyl groups is 1. The fourth-order valence-electron chi connectivity index (χ4n) is 4.38. The van der Waals surface area contributed by atoms with Crippen molar-refractivity contribution in [2.45, 2.75) is 38.3 Å². The highest BCUT2D eigenvalue weighted by Gasteiger charge is 2.34. The molecule has 2 aromatic heterocycles. The van der Waals surface area contributed by atoms with Crippen LogP contribution in [0.1, 0.15) is 47.6 Å². The highest BCUT2D eigenvalue weighted by atomic mass is 16.4. The van der Waals surface area contributed by atoms with Gasteiger partial charge in [-0.1, -0.05) is 42.5 Å². The van der Waals surface area contributed by atoms with Crippen LogP contribution in [0.5, 0.6) is 0 Å². The van der Waals surface area contributed by atoms with Crippen LogP contribution < -0.4 is 0 Å². The van der Waals surface area contributed by atoms with E-state index in [9.17, 15) is 9.90 Å². The van der Waals surface area contributed by atoms with Crippen LogP contribution in [0.25, 0.3) is 17.0 Å². The maximum Gasteiger partial charge on any atom is 0.256 e. The van der Waals surface area contributed by atoms with Gasteiger partial charge in [0, 0.05) is 18.2 Å². The molecule has 0 spiro atoms. The Morgan fingerprint density at radius 3 is 2.55 bits per heavy atom. The summed E-state index contributed by atoms with van der Waals surface area (Å²) in [6.45, 7) is 2.34. The molecule has 0 unspecified atom stereocenters. The summed E-state index contributed by atoms with van der Waals surface area (Å²) >= 11 is 0. The van der Waals surface area contributed by atoms with Crippen LogP contribution in [0.15, 0.2) is 71.4 Å². The minimum absolute atomic E-state index is 0.0529. The predicted octanol–water partition coefficient (Wildman–Crippen LogP) is 3.82. The van der Waals surface area contributed by atoms with E-state index in [2.05, 4.69) is 22.1 Å². The Kier molecular flexibility index (Phi) is 5.75. The van der Waals surface area contributed by atoms with E-state index in [1.807, 2.05) is 53.4 Å². The number of carbonyl (C=O) groups excluding carboxylic acids is 1. The van der Waals surface area contributed by atoms with E-state index in [0.717, 1.165) is 18.4 Å². The molecule has 1 aliphatic heterocycles. The van der Waals surface area contributed by atoms with Crippen LogP contribution in [-0.4, -0.2) is 48.5 Å². The number of aromatic nitrogens is 4. The fraction of sp³-hybridized carbons (Fsp3) is 0.280.